The van der Waals surface area contributed by atoms with Crippen LogP contribution in [0.2, 0.25) is 10.0 Å². The first kappa shape index (κ1) is 18.2. The van der Waals surface area contributed by atoms with E-state index >= 15 is 0 Å². The van der Waals surface area contributed by atoms with Gasteiger partial charge in [0.25, 0.3) is 5.91 Å². The molecule has 0 aliphatic rings. The second kappa shape index (κ2) is 7.45. The maximum Gasteiger partial charge on any atom is 0.252 e. The largest absolute Gasteiger partial charge is 0.352 e. The molecule has 8 heteroatoms. The lowest BCUT2D eigenvalue weighted by molar-refractivity contribution is 0.0953. The molecule has 0 spiro atoms. The van der Waals surface area contributed by atoms with Gasteiger partial charge in [-0.3, -0.25) is 4.79 Å². The summed E-state index contributed by atoms with van der Waals surface area (Å²) in [4.78, 5) is 11.9. The Kier molecular flexibility index (Phi) is 6.46. The molecule has 1 rings (SSSR count). The van der Waals surface area contributed by atoms with Crippen molar-refractivity contribution in [2.75, 3.05) is 20.6 Å². The van der Waals surface area contributed by atoms with Gasteiger partial charge in [-0.1, -0.05) is 36.5 Å². The Morgan fingerprint density at radius 2 is 1.86 bits per heavy atom. The minimum atomic E-state index is -3.74. The minimum absolute atomic E-state index is 0.0150. The molecular formula is C13H18Cl2N2O3S. The van der Waals surface area contributed by atoms with Crippen molar-refractivity contribution in [3.8, 4) is 0 Å². The Bertz CT molecular complexity index is 631. The summed E-state index contributed by atoms with van der Waals surface area (Å²) in [5.74, 6) is -0.416. The number of rotatable bonds is 6. The third-order valence-corrected chi connectivity index (χ3v) is 5.43. The number of carbonyl (C=O) groups is 1. The molecule has 0 bridgehead atoms. The number of hydrogen-bond acceptors (Lipinski definition) is 3. The minimum Gasteiger partial charge on any atom is -0.352 e. The van der Waals surface area contributed by atoms with Crippen molar-refractivity contribution < 1.29 is 13.2 Å². The lowest BCUT2D eigenvalue weighted by Gasteiger charge is -2.15. The molecule has 1 aromatic rings. The van der Waals surface area contributed by atoms with Crippen LogP contribution < -0.4 is 5.32 Å². The third kappa shape index (κ3) is 4.32. The monoisotopic (exact) mass is 352 g/mol. The number of unbranched alkanes of at least 4 members (excludes halogenated alkanes) is 1. The lowest BCUT2D eigenvalue weighted by atomic mass is 10.2. The van der Waals surface area contributed by atoms with Gasteiger partial charge in [0.2, 0.25) is 10.0 Å². The normalized spacial score (nSPS) is 11.7. The summed E-state index contributed by atoms with van der Waals surface area (Å²) in [6.45, 7) is 2.51. The molecule has 1 N–H and O–H groups in total. The number of amides is 1. The van der Waals surface area contributed by atoms with Crippen LogP contribution in [0.3, 0.4) is 0 Å². The first-order valence-electron chi connectivity index (χ1n) is 6.41. The van der Waals surface area contributed by atoms with Gasteiger partial charge < -0.3 is 5.32 Å². The van der Waals surface area contributed by atoms with Crippen molar-refractivity contribution in [1.29, 1.82) is 0 Å². The highest BCUT2D eigenvalue weighted by atomic mass is 35.5. The average Bonchev–Trinajstić information content (AvgIpc) is 2.38. The molecule has 0 saturated heterocycles. The van der Waals surface area contributed by atoms with Crippen LogP contribution in [0.25, 0.3) is 0 Å². The SMILES string of the molecule is CCCCNC(=O)c1cc(S(=O)(=O)N(C)C)c(Cl)cc1Cl. The quantitative estimate of drug-likeness (QED) is 0.800. The van der Waals surface area contributed by atoms with Gasteiger partial charge in [0.05, 0.1) is 15.6 Å². The van der Waals surface area contributed by atoms with E-state index in [1.807, 2.05) is 6.92 Å². The Hall–Kier alpha value is -0.820. The molecule has 0 atom stereocenters. The fourth-order valence-electron chi connectivity index (χ4n) is 1.57. The Morgan fingerprint density at radius 3 is 2.38 bits per heavy atom. The summed E-state index contributed by atoms with van der Waals surface area (Å²) in [6, 6.07) is 2.48. The number of nitrogens with one attached hydrogen (secondary N) is 1. The smallest absolute Gasteiger partial charge is 0.252 e. The van der Waals surface area contributed by atoms with Crippen LogP contribution in [0.15, 0.2) is 17.0 Å². The Morgan fingerprint density at radius 1 is 1.24 bits per heavy atom. The zero-order chi connectivity index (χ0) is 16.2. The highest BCUT2D eigenvalue weighted by Crippen LogP contribution is 2.30. The van der Waals surface area contributed by atoms with E-state index in [1.54, 1.807) is 0 Å². The van der Waals surface area contributed by atoms with E-state index in [4.69, 9.17) is 23.2 Å². The first-order chi connectivity index (χ1) is 9.71. The van der Waals surface area contributed by atoms with Crippen molar-refractivity contribution in [2.24, 2.45) is 0 Å². The van der Waals surface area contributed by atoms with Crippen molar-refractivity contribution in [3.05, 3.63) is 27.7 Å². The molecule has 0 heterocycles. The number of hydrogen-bond donors (Lipinski definition) is 1. The van der Waals surface area contributed by atoms with E-state index in [1.165, 1.54) is 26.2 Å². The standard InChI is InChI=1S/C13H18Cl2N2O3S/c1-4-5-6-16-13(18)9-7-12(11(15)8-10(9)14)21(19,20)17(2)3/h7-8H,4-6H2,1-3H3,(H,16,18). The van der Waals surface area contributed by atoms with Gasteiger partial charge in [0, 0.05) is 20.6 Å². The van der Waals surface area contributed by atoms with Gasteiger partial charge in [-0.25, -0.2) is 12.7 Å². The topological polar surface area (TPSA) is 66.5 Å². The molecular weight excluding hydrogens is 335 g/mol. The summed E-state index contributed by atoms with van der Waals surface area (Å²) in [6.07, 6.45) is 1.77. The van der Waals surface area contributed by atoms with Crippen molar-refractivity contribution in [3.63, 3.8) is 0 Å². The molecule has 0 aliphatic heterocycles. The van der Waals surface area contributed by atoms with E-state index in [0.29, 0.717) is 6.54 Å². The van der Waals surface area contributed by atoms with Crippen LogP contribution >= 0.6 is 23.2 Å². The second-order valence-electron chi connectivity index (χ2n) is 4.66. The molecule has 1 amide bonds. The van der Waals surface area contributed by atoms with Gasteiger partial charge in [-0.15, -0.1) is 0 Å². The molecule has 21 heavy (non-hydrogen) atoms. The van der Waals surface area contributed by atoms with E-state index in [9.17, 15) is 13.2 Å². The predicted molar refractivity (Wildman–Crippen MR) is 84.6 cm³/mol. The summed E-state index contributed by atoms with van der Waals surface area (Å²) in [7, 11) is -0.962. The first-order valence-corrected chi connectivity index (χ1v) is 8.61. The maximum atomic E-state index is 12.2. The van der Waals surface area contributed by atoms with Crippen molar-refractivity contribution >= 4 is 39.1 Å². The summed E-state index contributed by atoms with van der Waals surface area (Å²) in [5.41, 5.74) is 0.0950. The molecule has 1 aromatic carbocycles. The Labute approximate surface area is 135 Å². The highest BCUT2D eigenvalue weighted by molar-refractivity contribution is 7.89. The van der Waals surface area contributed by atoms with Crippen LogP contribution in [0, 0.1) is 0 Å². The molecule has 0 saturated carbocycles. The van der Waals surface area contributed by atoms with Crippen molar-refractivity contribution in [2.45, 2.75) is 24.7 Å². The molecule has 0 radical (unpaired) electrons. The zero-order valence-corrected chi connectivity index (χ0v) is 14.4. The van der Waals surface area contributed by atoms with Crippen LogP contribution in [-0.2, 0) is 10.0 Å². The number of carbonyl (C=O) groups excluding carboxylic acids is 1. The van der Waals surface area contributed by atoms with E-state index < -0.39 is 15.9 Å². The molecule has 0 unspecified atom stereocenters. The van der Waals surface area contributed by atoms with Gasteiger partial charge in [0.1, 0.15) is 4.90 Å². The van der Waals surface area contributed by atoms with E-state index in [-0.39, 0.29) is 20.5 Å². The maximum absolute atomic E-state index is 12.2. The van der Waals surface area contributed by atoms with Crippen LogP contribution in [-0.4, -0.2) is 39.3 Å². The van der Waals surface area contributed by atoms with Gasteiger partial charge in [-0.05, 0) is 18.6 Å². The molecule has 5 nitrogen and oxygen atoms in total. The summed E-state index contributed by atoms with van der Waals surface area (Å²) >= 11 is 11.9. The van der Waals surface area contributed by atoms with Crippen molar-refractivity contribution in [1.82, 2.24) is 9.62 Å². The molecule has 0 aromatic heterocycles. The highest BCUT2D eigenvalue weighted by Gasteiger charge is 2.24. The molecule has 118 valence electrons. The third-order valence-electron chi connectivity index (χ3n) is 2.84. The van der Waals surface area contributed by atoms with Crippen LogP contribution in [0.1, 0.15) is 30.1 Å². The fraction of sp³-hybridized carbons (Fsp3) is 0.462. The molecule has 0 aliphatic carbocycles. The van der Waals surface area contributed by atoms with Gasteiger partial charge in [-0.2, -0.15) is 0 Å². The number of benzene rings is 1. The zero-order valence-electron chi connectivity index (χ0n) is 12.1. The van der Waals surface area contributed by atoms with Crippen LogP contribution in [0.4, 0.5) is 0 Å². The predicted octanol–water partition coefficient (Wildman–Crippen LogP) is 2.77. The average molecular weight is 353 g/mol. The number of sulfonamides is 1. The number of nitrogens with zero attached hydrogens (tertiary/aromatic N) is 1. The van der Waals surface area contributed by atoms with Gasteiger partial charge in [0.15, 0.2) is 0 Å². The summed E-state index contributed by atoms with van der Waals surface area (Å²) in [5, 5.41) is 2.80. The Balaban J connectivity index is 3.22. The van der Waals surface area contributed by atoms with Crippen LogP contribution in [0.5, 0.6) is 0 Å². The summed E-state index contributed by atoms with van der Waals surface area (Å²) < 4.78 is 25.4. The number of halogens is 2. The second-order valence-corrected chi connectivity index (χ2v) is 7.59. The fourth-order valence-corrected chi connectivity index (χ4v) is 3.30. The van der Waals surface area contributed by atoms with Gasteiger partial charge >= 0.3 is 0 Å². The lowest BCUT2D eigenvalue weighted by Crippen LogP contribution is -2.26. The molecule has 0 fully saturated rings. The van der Waals surface area contributed by atoms with E-state index in [0.717, 1.165) is 17.1 Å². The van der Waals surface area contributed by atoms with E-state index in [2.05, 4.69) is 5.32 Å².